The predicted octanol–water partition coefficient (Wildman–Crippen LogP) is 2.79. The van der Waals surface area contributed by atoms with Crippen LogP contribution in [0.2, 0.25) is 0 Å². The molecule has 0 bridgehead atoms. The number of aryl methyl sites for hydroxylation is 1. The zero-order valence-electron chi connectivity index (χ0n) is 13.3. The molecule has 2 aromatic rings. The zero-order valence-corrected chi connectivity index (χ0v) is 13.3. The minimum atomic E-state index is -0.313. The van der Waals surface area contributed by atoms with Crippen molar-refractivity contribution in [1.82, 2.24) is 10.6 Å². The van der Waals surface area contributed by atoms with E-state index in [1.165, 1.54) is 6.92 Å². The van der Waals surface area contributed by atoms with Gasteiger partial charge in [-0.05, 0) is 29.7 Å². The van der Waals surface area contributed by atoms with E-state index in [0.29, 0.717) is 6.54 Å². The van der Waals surface area contributed by atoms with Gasteiger partial charge < -0.3 is 10.6 Å². The number of carbonyl (C=O) groups is 2. The number of carbonyl (C=O) groups excluding carboxylic acids is 2. The van der Waals surface area contributed by atoms with Gasteiger partial charge in [0.05, 0.1) is 0 Å². The molecular formula is C19H20N2O2. The van der Waals surface area contributed by atoms with Crippen molar-refractivity contribution in [2.45, 2.75) is 20.4 Å². The summed E-state index contributed by atoms with van der Waals surface area (Å²) in [5.74, 6) is -0.591. The molecule has 4 heteroatoms. The van der Waals surface area contributed by atoms with Gasteiger partial charge in [-0.15, -0.1) is 0 Å². The van der Waals surface area contributed by atoms with Crippen molar-refractivity contribution < 1.29 is 9.59 Å². The van der Waals surface area contributed by atoms with Gasteiger partial charge in [0.2, 0.25) is 5.91 Å². The van der Waals surface area contributed by atoms with Crippen molar-refractivity contribution in [1.29, 1.82) is 0 Å². The average molecular weight is 308 g/mol. The minimum Gasteiger partial charge on any atom is -0.347 e. The maximum Gasteiger partial charge on any atom is 0.268 e. The molecule has 0 aromatic heterocycles. The molecule has 2 amide bonds. The Kier molecular flexibility index (Phi) is 5.69. The van der Waals surface area contributed by atoms with Crippen LogP contribution in [0.15, 0.2) is 60.3 Å². The first-order valence-electron chi connectivity index (χ1n) is 7.43. The Morgan fingerprint density at radius 2 is 1.65 bits per heavy atom. The second-order valence-electron chi connectivity index (χ2n) is 5.26. The summed E-state index contributed by atoms with van der Waals surface area (Å²) in [5, 5.41) is 5.42. The van der Waals surface area contributed by atoms with Crippen molar-refractivity contribution in [3.63, 3.8) is 0 Å². The number of rotatable bonds is 5. The molecule has 0 aliphatic rings. The molecule has 118 valence electrons. The lowest BCUT2D eigenvalue weighted by Gasteiger charge is -2.10. The van der Waals surface area contributed by atoms with Gasteiger partial charge in [-0.3, -0.25) is 9.59 Å². The Hall–Kier alpha value is -2.88. The SMILES string of the molecule is CC(=O)N/C(=C\c1ccccc1C)C(=O)NCc1ccccc1. The van der Waals surface area contributed by atoms with E-state index in [2.05, 4.69) is 10.6 Å². The molecule has 23 heavy (non-hydrogen) atoms. The highest BCUT2D eigenvalue weighted by Crippen LogP contribution is 2.11. The van der Waals surface area contributed by atoms with Gasteiger partial charge in [0.15, 0.2) is 0 Å². The van der Waals surface area contributed by atoms with Gasteiger partial charge in [-0.2, -0.15) is 0 Å². The molecule has 0 spiro atoms. The van der Waals surface area contributed by atoms with Crippen LogP contribution in [0, 0.1) is 6.92 Å². The smallest absolute Gasteiger partial charge is 0.268 e. The van der Waals surface area contributed by atoms with Crippen molar-refractivity contribution in [3.05, 3.63) is 77.0 Å². The fourth-order valence-corrected chi connectivity index (χ4v) is 2.13. The van der Waals surface area contributed by atoms with Crippen LogP contribution >= 0.6 is 0 Å². The largest absolute Gasteiger partial charge is 0.347 e. The van der Waals surface area contributed by atoms with Crippen molar-refractivity contribution in [2.75, 3.05) is 0 Å². The van der Waals surface area contributed by atoms with Gasteiger partial charge in [0, 0.05) is 13.5 Å². The lowest BCUT2D eigenvalue weighted by atomic mass is 10.1. The highest BCUT2D eigenvalue weighted by molar-refractivity contribution is 6.01. The molecule has 0 aliphatic heterocycles. The molecule has 0 radical (unpaired) electrons. The van der Waals surface area contributed by atoms with Crippen LogP contribution in [0.25, 0.3) is 6.08 Å². The van der Waals surface area contributed by atoms with E-state index in [1.54, 1.807) is 6.08 Å². The average Bonchev–Trinajstić information content (AvgIpc) is 2.54. The zero-order chi connectivity index (χ0) is 16.7. The summed E-state index contributed by atoms with van der Waals surface area (Å²) in [6.45, 7) is 3.75. The fraction of sp³-hybridized carbons (Fsp3) is 0.158. The molecular weight excluding hydrogens is 288 g/mol. The van der Waals surface area contributed by atoms with Crippen molar-refractivity contribution >= 4 is 17.9 Å². The van der Waals surface area contributed by atoms with Crippen LogP contribution in [-0.2, 0) is 16.1 Å². The molecule has 0 saturated carbocycles. The van der Waals surface area contributed by atoms with Crippen molar-refractivity contribution in [3.8, 4) is 0 Å². The molecule has 0 unspecified atom stereocenters. The maximum absolute atomic E-state index is 12.4. The molecule has 0 saturated heterocycles. The minimum absolute atomic E-state index is 0.239. The summed E-state index contributed by atoms with van der Waals surface area (Å²) in [5.41, 5.74) is 3.17. The summed E-state index contributed by atoms with van der Waals surface area (Å²) in [6, 6.07) is 17.3. The second-order valence-corrected chi connectivity index (χ2v) is 5.26. The third-order valence-corrected chi connectivity index (χ3v) is 3.34. The third kappa shape index (κ3) is 5.11. The van der Waals surface area contributed by atoms with Crippen LogP contribution < -0.4 is 10.6 Å². The van der Waals surface area contributed by atoms with Crippen LogP contribution in [0.5, 0.6) is 0 Å². The maximum atomic E-state index is 12.4. The number of nitrogens with one attached hydrogen (secondary N) is 2. The number of hydrogen-bond acceptors (Lipinski definition) is 2. The predicted molar refractivity (Wildman–Crippen MR) is 91.3 cm³/mol. The van der Waals surface area contributed by atoms with E-state index in [-0.39, 0.29) is 17.5 Å². The Balaban J connectivity index is 2.16. The standard InChI is InChI=1S/C19H20N2O2/c1-14-8-6-7-11-17(14)12-18(21-15(2)22)19(23)20-13-16-9-4-3-5-10-16/h3-12H,13H2,1-2H3,(H,20,23)(H,21,22)/b18-12-. The molecule has 0 atom stereocenters. The summed E-state index contributed by atoms with van der Waals surface area (Å²) < 4.78 is 0. The first-order valence-corrected chi connectivity index (χ1v) is 7.43. The Morgan fingerprint density at radius 1 is 1.00 bits per heavy atom. The lowest BCUT2D eigenvalue weighted by Crippen LogP contribution is -2.33. The second kappa shape index (κ2) is 7.94. The summed E-state index contributed by atoms with van der Waals surface area (Å²) >= 11 is 0. The van der Waals surface area contributed by atoms with Crippen LogP contribution in [-0.4, -0.2) is 11.8 Å². The molecule has 2 aromatic carbocycles. The number of hydrogen-bond donors (Lipinski definition) is 2. The van der Waals surface area contributed by atoms with E-state index in [9.17, 15) is 9.59 Å². The Morgan fingerprint density at radius 3 is 2.30 bits per heavy atom. The number of amides is 2. The molecule has 0 heterocycles. The third-order valence-electron chi connectivity index (χ3n) is 3.34. The van der Waals surface area contributed by atoms with E-state index in [4.69, 9.17) is 0 Å². The number of benzene rings is 2. The molecule has 0 aliphatic carbocycles. The first kappa shape index (κ1) is 16.5. The van der Waals surface area contributed by atoms with Gasteiger partial charge in [0.1, 0.15) is 5.70 Å². The fourth-order valence-electron chi connectivity index (χ4n) is 2.13. The molecule has 2 N–H and O–H groups in total. The topological polar surface area (TPSA) is 58.2 Å². The van der Waals surface area contributed by atoms with E-state index in [0.717, 1.165) is 16.7 Å². The quantitative estimate of drug-likeness (QED) is 0.835. The van der Waals surface area contributed by atoms with Crippen LogP contribution in [0.4, 0.5) is 0 Å². The van der Waals surface area contributed by atoms with Gasteiger partial charge in [-0.1, -0.05) is 54.6 Å². The highest BCUT2D eigenvalue weighted by Gasteiger charge is 2.11. The van der Waals surface area contributed by atoms with Gasteiger partial charge in [-0.25, -0.2) is 0 Å². The molecule has 4 nitrogen and oxygen atoms in total. The van der Waals surface area contributed by atoms with Crippen molar-refractivity contribution in [2.24, 2.45) is 0 Å². The van der Waals surface area contributed by atoms with E-state index in [1.807, 2.05) is 61.5 Å². The van der Waals surface area contributed by atoms with E-state index < -0.39 is 0 Å². The van der Waals surface area contributed by atoms with Crippen LogP contribution in [0.1, 0.15) is 23.6 Å². The Labute approximate surface area is 136 Å². The van der Waals surface area contributed by atoms with Crippen LogP contribution in [0.3, 0.4) is 0 Å². The van der Waals surface area contributed by atoms with Gasteiger partial charge in [0.25, 0.3) is 5.91 Å². The summed E-state index contributed by atoms with van der Waals surface area (Å²) in [4.78, 5) is 23.7. The normalized spacial score (nSPS) is 11.0. The molecule has 2 rings (SSSR count). The summed E-state index contributed by atoms with van der Waals surface area (Å²) in [7, 11) is 0. The lowest BCUT2D eigenvalue weighted by molar-refractivity contribution is -0.122. The summed E-state index contributed by atoms with van der Waals surface area (Å²) in [6.07, 6.45) is 1.69. The Bertz CT molecular complexity index is 721. The highest BCUT2D eigenvalue weighted by atomic mass is 16.2. The first-order chi connectivity index (χ1) is 11.1. The van der Waals surface area contributed by atoms with E-state index >= 15 is 0 Å². The van der Waals surface area contributed by atoms with Gasteiger partial charge >= 0.3 is 0 Å². The monoisotopic (exact) mass is 308 g/mol. The molecule has 0 fully saturated rings.